The molecule has 0 aliphatic carbocycles. The van der Waals surface area contributed by atoms with Gasteiger partial charge in [0.05, 0.1) is 23.7 Å². The largest absolute Gasteiger partial charge is 0.296 e. The first-order chi connectivity index (χ1) is 5.42. The van der Waals surface area contributed by atoms with E-state index < -0.39 is 0 Å². The molecule has 2 heterocycles. The molecule has 54 valence electrons. The molecule has 3 nitrogen and oxygen atoms in total. The Morgan fingerprint density at radius 1 is 1.45 bits per heavy atom. The van der Waals surface area contributed by atoms with Gasteiger partial charge in [0, 0.05) is 0 Å². The first-order valence-corrected chi connectivity index (χ1v) is 3.28. The van der Waals surface area contributed by atoms with Gasteiger partial charge in [-0.25, -0.2) is 4.98 Å². The van der Waals surface area contributed by atoms with E-state index in [9.17, 15) is 4.79 Å². The SMILES string of the molecule is O=Cc1cccc2cncn12. The lowest BCUT2D eigenvalue weighted by atomic mass is 10.3. The van der Waals surface area contributed by atoms with Crippen molar-refractivity contribution in [2.45, 2.75) is 0 Å². The highest BCUT2D eigenvalue weighted by Gasteiger charge is 1.95. The number of pyridine rings is 1. The molecule has 0 atom stereocenters. The minimum atomic E-state index is 0.625. The molecule has 0 aliphatic rings. The topological polar surface area (TPSA) is 34.4 Å². The Morgan fingerprint density at radius 2 is 2.36 bits per heavy atom. The number of rotatable bonds is 1. The number of hydrogen-bond acceptors (Lipinski definition) is 2. The van der Waals surface area contributed by atoms with Crippen LogP contribution in [0.5, 0.6) is 0 Å². The van der Waals surface area contributed by atoms with Crippen molar-refractivity contribution in [3.63, 3.8) is 0 Å². The van der Waals surface area contributed by atoms with Gasteiger partial charge in [-0.15, -0.1) is 0 Å². The van der Waals surface area contributed by atoms with Gasteiger partial charge in [0.1, 0.15) is 0 Å². The van der Waals surface area contributed by atoms with Gasteiger partial charge in [0.25, 0.3) is 0 Å². The van der Waals surface area contributed by atoms with E-state index in [1.165, 1.54) is 0 Å². The molecule has 0 fully saturated rings. The molecule has 2 rings (SSSR count). The Balaban J connectivity index is 2.88. The van der Waals surface area contributed by atoms with E-state index in [0.717, 1.165) is 11.8 Å². The van der Waals surface area contributed by atoms with Crippen LogP contribution >= 0.6 is 0 Å². The van der Waals surface area contributed by atoms with Gasteiger partial charge in [-0.05, 0) is 12.1 Å². The smallest absolute Gasteiger partial charge is 0.166 e. The van der Waals surface area contributed by atoms with Gasteiger partial charge in [-0.3, -0.25) is 9.20 Å². The number of nitrogens with zero attached hydrogens (tertiary/aromatic N) is 2. The van der Waals surface area contributed by atoms with E-state index >= 15 is 0 Å². The standard InChI is InChI=1S/C8H6N2O/c11-5-8-3-1-2-7-4-9-6-10(7)8/h1-6H. The number of fused-ring (bicyclic) bond motifs is 1. The van der Waals surface area contributed by atoms with E-state index in [1.54, 1.807) is 23.0 Å². The molecule has 0 aliphatic heterocycles. The van der Waals surface area contributed by atoms with Crippen molar-refractivity contribution in [2.75, 3.05) is 0 Å². The second-order valence-corrected chi connectivity index (χ2v) is 2.26. The van der Waals surface area contributed by atoms with Crippen molar-refractivity contribution in [2.24, 2.45) is 0 Å². The van der Waals surface area contributed by atoms with Gasteiger partial charge in [-0.1, -0.05) is 6.07 Å². The average Bonchev–Trinajstić information content (AvgIpc) is 2.50. The van der Waals surface area contributed by atoms with Crippen LogP contribution < -0.4 is 0 Å². The van der Waals surface area contributed by atoms with Crippen LogP contribution in [0.3, 0.4) is 0 Å². The van der Waals surface area contributed by atoms with Crippen LogP contribution in [0, 0.1) is 0 Å². The van der Waals surface area contributed by atoms with E-state index in [1.807, 2.05) is 12.1 Å². The second kappa shape index (κ2) is 2.20. The Labute approximate surface area is 63.3 Å². The van der Waals surface area contributed by atoms with Crippen LogP contribution in [0.2, 0.25) is 0 Å². The maximum Gasteiger partial charge on any atom is 0.166 e. The zero-order valence-corrected chi connectivity index (χ0v) is 5.77. The Morgan fingerprint density at radius 3 is 3.18 bits per heavy atom. The Kier molecular flexibility index (Phi) is 1.22. The zero-order chi connectivity index (χ0) is 7.68. The molecule has 3 heteroatoms. The molecule has 0 aromatic carbocycles. The molecule has 0 spiro atoms. The zero-order valence-electron chi connectivity index (χ0n) is 5.77. The average molecular weight is 146 g/mol. The predicted molar refractivity (Wildman–Crippen MR) is 40.6 cm³/mol. The normalized spacial score (nSPS) is 10.2. The fraction of sp³-hybridized carbons (Fsp3) is 0. The molecular weight excluding hydrogens is 140 g/mol. The summed E-state index contributed by atoms with van der Waals surface area (Å²) < 4.78 is 1.74. The van der Waals surface area contributed by atoms with Crippen molar-refractivity contribution in [3.05, 3.63) is 36.4 Å². The summed E-state index contributed by atoms with van der Waals surface area (Å²) in [4.78, 5) is 14.4. The van der Waals surface area contributed by atoms with E-state index in [0.29, 0.717) is 5.69 Å². The summed E-state index contributed by atoms with van der Waals surface area (Å²) in [7, 11) is 0. The van der Waals surface area contributed by atoms with Crippen LogP contribution in [-0.2, 0) is 0 Å². The molecule has 0 saturated heterocycles. The van der Waals surface area contributed by atoms with Crippen molar-refractivity contribution >= 4 is 11.8 Å². The highest BCUT2D eigenvalue weighted by molar-refractivity contribution is 5.74. The third-order valence-corrected chi connectivity index (χ3v) is 1.60. The number of aldehydes is 1. The monoisotopic (exact) mass is 146 g/mol. The maximum absolute atomic E-state index is 10.5. The molecule has 0 amide bonds. The fourth-order valence-electron chi connectivity index (χ4n) is 1.07. The number of hydrogen-bond donors (Lipinski definition) is 0. The Hall–Kier alpha value is -1.64. The molecule has 0 radical (unpaired) electrons. The highest BCUT2D eigenvalue weighted by atomic mass is 16.1. The molecule has 0 unspecified atom stereocenters. The predicted octanol–water partition coefficient (Wildman–Crippen LogP) is 1.15. The molecule has 0 bridgehead atoms. The van der Waals surface area contributed by atoms with Gasteiger partial charge >= 0.3 is 0 Å². The summed E-state index contributed by atoms with van der Waals surface area (Å²) in [5.74, 6) is 0. The highest BCUT2D eigenvalue weighted by Crippen LogP contribution is 2.03. The third kappa shape index (κ3) is 0.816. The number of carbonyl (C=O) groups excluding carboxylic acids is 1. The summed E-state index contributed by atoms with van der Waals surface area (Å²) in [5.41, 5.74) is 1.56. The first-order valence-electron chi connectivity index (χ1n) is 3.28. The van der Waals surface area contributed by atoms with Crippen molar-refractivity contribution < 1.29 is 4.79 Å². The van der Waals surface area contributed by atoms with Crippen LogP contribution in [0.1, 0.15) is 10.5 Å². The molecule has 2 aromatic heterocycles. The van der Waals surface area contributed by atoms with Gasteiger partial charge < -0.3 is 0 Å². The quantitative estimate of drug-likeness (QED) is 0.565. The van der Waals surface area contributed by atoms with Gasteiger partial charge in [0.2, 0.25) is 0 Å². The summed E-state index contributed by atoms with van der Waals surface area (Å²) in [5, 5.41) is 0. The lowest BCUT2D eigenvalue weighted by molar-refractivity contribution is 0.111. The van der Waals surface area contributed by atoms with Gasteiger partial charge in [0.15, 0.2) is 6.29 Å². The molecule has 0 N–H and O–H groups in total. The molecule has 2 aromatic rings. The molecular formula is C8H6N2O. The summed E-state index contributed by atoms with van der Waals surface area (Å²) in [6, 6.07) is 5.49. The minimum absolute atomic E-state index is 0.625. The second-order valence-electron chi connectivity index (χ2n) is 2.26. The van der Waals surface area contributed by atoms with Crippen LogP contribution in [0.15, 0.2) is 30.7 Å². The van der Waals surface area contributed by atoms with E-state index in [-0.39, 0.29) is 0 Å². The first kappa shape index (κ1) is 6.09. The fourth-order valence-corrected chi connectivity index (χ4v) is 1.07. The van der Waals surface area contributed by atoms with Crippen molar-refractivity contribution in [1.82, 2.24) is 9.38 Å². The van der Waals surface area contributed by atoms with Crippen LogP contribution in [0.25, 0.3) is 5.52 Å². The van der Waals surface area contributed by atoms with Gasteiger partial charge in [-0.2, -0.15) is 0 Å². The van der Waals surface area contributed by atoms with Crippen molar-refractivity contribution in [3.8, 4) is 0 Å². The summed E-state index contributed by atoms with van der Waals surface area (Å²) in [6.07, 6.45) is 4.15. The summed E-state index contributed by atoms with van der Waals surface area (Å²) >= 11 is 0. The van der Waals surface area contributed by atoms with E-state index in [4.69, 9.17) is 0 Å². The lowest BCUT2D eigenvalue weighted by Crippen LogP contribution is -1.91. The van der Waals surface area contributed by atoms with E-state index in [2.05, 4.69) is 4.98 Å². The number of aromatic nitrogens is 2. The lowest BCUT2D eigenvalue weighted by Gasteiger charge is -1.94. The van der Waals surface area contributed by atoms with Crippen molar-refractivity contribution in [1.29, 1.82) is 0 Å². The summed E-state index contributed by atoms with van der Waals surface area (Å²) in [6.45, 7) is 0. The Bertz CT molecular complexity index is 392. The maximum atomic E-state index is 10.5. The number of imidazole rings is 1. The molecule has 0 saturated carbocycles. The minimum Gasteiger partial charge on any atom is -0.296 e. The number of carbonyl (C=O) groups is 1. The third-order valence-electron chi connectivity index (χ3n) is 1.60. The van der Waals surface area contributed by atoms with Crippen LogP contribution in [-0.4, -0.2) is 15.7 Å². The van der Waals surface area contributed by atoms with Crippen LogP contribution in [0.4, 0.5) is 0 Å². The molecule has 11 heavy (non-hydrogen) atoms.